The van der Waals surface area contributed by atoms with Crippen LogP contribution in [-0.4, -0.2) is 10.2 Å². The van der Waals surface area contributed by atoms with Gasteiger partial charge in [-0.3, -0.25) is 0 Å². The van der Waals surface area contributed by atoms with Gasteiger partial charge in [0.05, 0.1) is 5.60 Å². The minimum absolute atomic E-state index is 0.0542. The smallest absolute Gasteiger partial charge is 0.162 e. The predicted molar refractivity (Wildman–Crippen MR) is 67.7 cm³/mol. The molecule has 4 heteroatoms. The molecule has 0 radical (unpaired) electrons. The Morgan fingerprint density at radius 1 is 1.05 bits per heavy atom. The van der Waals surface area contributed by atoms with Gasteiger partial charge in [-0.15, -0.1) is 0 Å². The molecular weight excluding hydrogens is 250 g/mol. The van der Waals surface area contributed by atoms with Crippen molar-refractivity contribution < 1.29 is 19.0 Å². The summed E-state index contributed by atoms with van der Waals surface area (Å²) < 4.78 is 26.7. The second kappa shape index (κ2) is 4.97. The Morgan fingerprint density at radius 3 is 2.32 bits per heavy atom. The molecule has 2 aromatic carbocycles. The largest absolute Gasteiger partial charge is 0.508 e. The van der Waals surface area contributed by atoms with E-state index in [1.807, 2.05) is 0 Å². The summed E-state index contributed by atoms with van der Waals surface area (Å²) in [6, 6.07) is 9.85. The number of halogens is 2. The first-order chi connectivity index (χ1) is 8.90. The molecule has 0 bridgehead atoms. The first kappa shape index (κ1) is 13.5. The van der Waals surface area contributed by atoms with Crippen LogP contribution in [-0.2, 0) is 12.0 Å². The van der Waals surface area contributed by atoms with Gasteiger partial charge >= 0.3 is 0 Å². The molecule has 1 unspecified atom stereocenters. The molecule has 2 N–H and O–H groups in total. The maximum atomic E-state index is 13.6. The fourth-order valence-electron chi connectivity index (χ4n) is 1.98. The first-order valence-corrected chi connectivity index (χ1v) is 5.85. The average molecular weight is 264 g/mol. The van der Waals surface area contributed by atoms with E-state index in [-0.39, 0.29) is 17.7 Å². The summed E-state index contributed by atoms with van der Waals surface area (Å²) in [4.78, 5) is 0. The lowest BCUT2D eigenvalue weighted by Crippen LogP contribution is -2.24. The Bertz CT molecular complexity index is 577. The number of hydrogen-bond donors (Lipinski definition) is 2. The van der Waals surface area contributed by atoms with E-state index in [1.54, 1.807) is 12.1 Å². The highest BCUT2D eigenvalue weighted by Gasteiger charge is 2.25. The molecule has 2 aromatic rings. The van der Waals surface area contributed by atoms with Gasteiger partial charge in [0.15, 0.2) is 11.6 Å². The summed E-state index contributed by atoms with van der Waals surface area (Å²) in [5, 5.41) is 19.6. The van der Waals surface area contributed by atoms with E-state index in [0.29, 0.717) is 5.56 Å². The fourth-order valence-corrected chi connectivity index (χ4v) is 1.98. The van der Waals surface area contributed by atoms with Gasteiger partial charge in [-0.2, -0.15) is 0 Å². The highest BCUT2D eigenvalue weighted by atomic mass is 19.2. The molecule has 0 aliphatic carbocycles. The number of aromatic hydroxyl groups is 1. The number of phenolic OH excluding ortho intramolecular Hbond substituents is 1. The standard InChI is InChI=1S/C15H14F2O2/c1-15(19,11-5-7-12(18)8-6-11)9-10-3-2-4-13(16)14(10)17/h2-8,18-19H,9H2,1H3. The van der Waals surface area contributed by atoms with Crippen molar-refractivity contribution in [1.82, 2.24) is 0 Å². The van der Waals surface area contributed by atoms with Crippen LogP contribution in [0.5, 0.6) is 5.75 Å². The minimum atomic E-state index is -1.34. The lowest BCUT2D eigenvalue weighted by atomic mass is 9.89. The van der Waals surface area contributed by atoms with Gasteiger partial charge in [-0.25, -0.2) is 8.78 Å². The van der Waals surface area contributed by atoms with Gasteiger partial charge in [0.2, 0.25) is 0 Å². The molecule has 0 amide bonds. The molecule has 0 heterocycles. The number of rotatable bonds is 3. The van der Waals surface area contributed by atoms with Crippen LogP contribution in [0.25, 0.3) is 0 Å². The van der Waals surface area contributed by atoms with Crippen molar-refractivity contribution in [3.8, 4) is 5.75 Å². The SMILES string of the molecule is CC(O)(Cc1cccc(F)c1F)c1ccc(O)cc1. The van der Waals surface area contributed by atoms with E-state index in [0.717, 1.165) is 6.07 Å². The Hall–Kier alpha value is -1.94. The Labute approximate surface area is 110 Å². The lowest BCUT2D eigenvalue weighted by molar-refractivity contribution is 0.0565. The molecule has 0 spiro atoms. The molecule has 0 saturated carbocycles. The molecule has 0 saturated heterocycles. The van der Waals surface area contributed by atoms with Crippen LogP contribution in [0.1, 0.15) is 18.1 Å². The molecule has 0 fully saturated rings. The van der Waals surface area contributed by atoms with Gasteiger partial charge in [-0.1, -0.05) is 24.3 Å². The topological polar surface area (TPSA) is 40.5 Å². The normalized spacial score (nSPS) is 14.1. The molecule has 0 aliphatic rings. The van der Waals surface area contributed by atoms with Crippen molar-refractivity contribution in [2.24, 2.45) is 0 Å². The Kier molecular flexibility index (Phi) is 3.53. The van der Waals surface area contributed by atoms with E-state index in [9.17, 15) is 19.0 Å². The number of hydrogen-bond acceptors (Lipinski definition) is 2. The second-order valence-electron chi connectivity index (χ2n) is 4.71. The van der Waals surface area contributed by atoms with Crippen molar-refractivity contribution in [3.05, 3.63) is 65.2 Å². The van der Waals surface area contributed by atoms with Gasteiger partial charge < -0.3 is 10.2 Å². The van der Waals surface area contributed by atoms with Crippen LogP contribution < -0.4 is 0 Å². The molecule has 2 rings (SSSR count). The number of benzene rings is 2. The van der Waals surface area contributed by atoms with Crippen molar-refractivity contribution in [2.45, 2.75) is 18.9 Å². The third kappa shape index (κ3) is 2.90. The summed E-state index contributed by atoms with van der Waals surface area (Å²) in [5.41, 5.74) is -0.713. The minimum Gasteiger partial charge on any atom is -0.508 e. The summed E-state index contributed by atoms with van der Waals surface area (Å²) in [7, 11) is 0. The van der Waals surface area contributed by atoms with Gasteiger partial charge in [0.25, 0.3) is 0 Å². The van der Waals surface area contributed by atoms with Crippen molar-refractivity contribution in [1.29, 1.82) is 0 Å². The van der Waals surface area contributed by atoms with Gasteiger partial charge in [0, 0.05) is 6.42 Å². The highest BCUT2D eigenvalue weighted by molar-refractivity contribution is 5.31. The number of aliphatic hydroxyl groups is 1. The second-order valence-corrected chi connectivity index (χ2v) is 4.71. The van der Waals surface area contributed by atoms with Gasteiger partial charge in [-0.05, 0) is 36.2 Å². The monoisotopic (exact) mass is 264 g/mol. The van der Waals surface area contributed by atoms with Crippen LogP contribution in [0.3, 0.4) is 0 Å². The molecule has 100 valence electrons. The molecule has 2 nitrogen and oxygen atoms in total. The summed E-state index contributed by atoms with van der Waals surface area (Å²) >= 11 is 0. The lowest BCUT2D eigenvalue weighted by Gasteiger charge is -2.24. The highest BCUT2D eigenvalue weighted by Crippen LogP contribution is 2.28. The van der Waals surface area contributed by atoms with Crippen molar-refractivity contribution in [2.75, 3.05) is 0 Å². The summed E-state index contributed by atoms with van der Waals surface area (Å²) in [6.45, 7) is 1.52. The zero-order valence-corrected chi connectivity index (χ0v) is 10.4. The number of phenols is 1. The van der Waals surface area contributed by atoms with E-state index in [4.69, 9.17) is 0 Å². The first-order valence-electron chi connectivity index (χ1n) is 5.85. The quantitative estimate of drug-likeness (QED) is 0.894. The van der Waals surface area contributed by atoms with Crippen LogP contribution in [0, 0.1) is 11.6 Å². The fraction of sp³-hybridized carbons (Fsp3) is 0.200. The van der Waals surface area contributed by atoms with E-state index < -0.39 is 17.2 Å². The molecular formula is C15H14F2O2. The maximum absolute atomic E-state index is 13.6. The van der Waals surface area contributed by atoms with Crippen LogP contribution >= 0.6 is 0 Å². The molecule has 1 atom stereocenters. The van der Waals surface area contributed by atoms with Crippen molar-refractivity contribution >= 4 is 0 Å². The van der Waals surface area contributed by atoms with Crippen molar-refractivity contribution in [3.63, 3.8) is 0 Å². The summed E-state index contributed by atoms with van der Waals surface area (Å²) in [6.07, 6.45) is -0.0542. The van der Waals surface area contributed by atoms with Crippen LogP contribution in [0.15, 0.2) is 42.5 Å². The molecule has 0 aromatic heterocycles. The zero-order chi connectivity index (χ0) is 14.0. The van der Waals surface area contributed by atoms with Crippen LogP contribution in [0.2, 0.25) is 0 Å². The van der Waals surface area contributed by atoms with Gasteiger partial charge in [0.1, 0.15) is 5.75 Å². The Balaban J connectivity index is 2.30. The third-order valence-electron chi connectivity index (χ3n) is 3.06. The van der Waals surface area contributed by atoms with E-state index >= 15 is 0 Å². The Morgan fingerprint density at radius 2 is 1.68 bits per heavy atom. The predicted octanol–water partition coefficient (Wildman–Crippen LogP) is 3.12. The molecule has 19 heavy (non-hydrogen) atoms. The average Bonchev–Trinajstić information content (AvgIpc) is 2.35. The van der Waals surface area contributed by atoms with E-state index in [2.05, 4.69) is 0 Å². The zero-order valence-electron chi connectivity index (χ0n) is 10.4. The summed E-state index contributed by atoms with van der Waals surface area (Å²) in [5.74, 6) is -1.79. The maximum Gasteiger partial charge on any atom is 0.162 e. The van der Waals surface area contributed by atoms with Crippen LogP contribution in [0.4, 0.5) is 8.78 Å². The van der Waals surface area contributed by atoms with E-state index in [1.165, 1.54) is 31.2 Å². The molecule has 0 aliphatic heterocycles. The third-order valence-corrected chi connectivity index (χ3v) is 3.06.